The number of hydrogen-bond acceptors (Lipinski definition) is 6. The van der Waals surface area contributed by atoms with Crippen molar-refractivity contribution < 1.29 is 4.79 Å². The smallest absolute Gasteiger partial charge is 0.234 e. The lowest BCUT2D eigenvalue weighted by Crippen LogP contribution is -2.16. The molecule has 2 aromatic carbocycles. The minimum atomic E-state index is -0.0901. The highest BCUT2D eigenvalue weighted by Crippen LogP contribution is 2.25. The van der Waals surface area contributed by atoms with Gasteiger partial charge in [0.2, 0.25) is 5.91 Å². The summed E-state index contributed by atoms with van der Waals surface area (Å²) < 4.78 is 3.57. The Hall–Kier alpha value is -3.72. The van der Waals surface area contributed by atoms with Gasteiger partial charge < -0.3 is 5.32 Å². The van der Waals surface area contributed by atoms with Crippen molar-refractivity contribution in [1.29, 1.82) is 0 Å². The van der Waals surface area contributed by atoms with Crippen LogP contribution in [0.15, 0.2) is 60.1 Å². The van der Waals surface area contributed by atoms with Gasteiger partial charge in [-0.15, -0.1) is 10.2 Å². The molecule has 3 heterocycles. The van der Waals surface area contributed by atoms with E-state index in [9.17, 15) is 4.79 Å². The number of anilines is 1. The van der Waals surface area contributed by atoms with Crippen molar-refractivity contribution in [3.05, 3.63) is 71.7 Å². The Balaban J connectivity index is 1.37. The number of carbonyl (C=O) groups excluding carboxylic acids is 1. The molecule has 0 aliphatic heterocycles. The van der Waals surface area contributed by atoms with Crippen LogP contribution in [0.25, 0.3) is 22.4 Å². The Labute approximate surface area is 188 Å². The minimum absolute atomic E-state index is 0.0901. The van der Waals surface area contributed by atoms with Gasteiger partial charge >= 0.3 is 0 Å². The van der Waals surface area contributed by atoms with E-state index < -0.39 is 0 Å². The van der Waals surface area contributed by atoms with Gasteiger partial charge in [-0.3, -0.25) is 9.20 Å². The zero-order valence-corrected chi connectivity index (χ0v) is 18.7. The van der Waals surface area contributed by atoms with Crippen molar-refractivity contribution in [2.24, 2.45) is 0 Å². The Bertz CT molecular complexity index is 1430. The third-order valence-corrected chi connectivity index (χ3v) is 6.16. The molecule has 0 fully saturated rings. The van der Waals surface area contributed by atoms with Gasteiger partial charge in [0, 0.05) is 5.69 Å². The van der Waals surface area contributed by atoms with Crippen molar-refractivity contribution in [2.75, 3.05) is 11.1 Å². The Morgan fingerprint density at radius 2 is 1.78 bits per heavy atom. The molecule has 5 rings (SSSR count). The lowest BCUT2D eigenvalue weighted by Gasteiger charge is -2.12. The quantitative estimate of drug-likeness (QED) is 0.411. The van der Waals surface area contributed by atoms with Gasteiger partial charge in [-0.25, -0.2) is 9.67 Å². The van der Waals surface area contributed by atoms with E-state index in [2.05, 4.69) is 37.7 Å². The van der Waals surface area contributed by atoms with Crippen molar-refractivity contribution in [1.82, 2.24) is 29.4 Å². The number of fused-ring (bicyclic) bond motifs is 3. The predicted molar refractivity (Wildman–Crippen MR) is 125 cm³/mol. The van der Waals surface area contributed by atoms with Crippen LogP contribution in [0.3, 0.4) is 0 Å². The molecule has 1 amide bonds. The van der Waals surface area contributed by atoms with E-state index in [0.717, 1.165) is 27.9 Å². The number of carbonyl (C=O) groups is 1. The van der Waals surface area contributed by atoms with E-state index in [4.69, 9.17) is 0 Å². The van der Waals surface area contributed by atoms with Crippen molar-refractivity contribution in [3.63, 3.8) is 0 Å². The first kappa shape index (κ1) is 20.2. The summed E-state index contributed by atoms with van der Waals surface area (Å²) in [6, 6.07) is 13.9. The molecular formula is C23H21N7OS. The van der Waals surface area contributed by atoms with Crippen LogP contribution in [0.1, 0.15) is 16.7 Å². The maximum Gasteiger partial charge on any atom is 0.234 e. The highest BCUT2D eigenvalue weighted by Gasteiger charge is 2.16. The number of nitrogens with one attached hydrogen (secondary N) is 1. The Morgan fingerprint density at radius 1 is 1.03 bits per heavy atom. The van der Waals surface area contributed by atoms with Crippen LogP contribution in [0.5, 0.6) is 0 Å². The second kappa shape index (κ2) is 8.08. The van der Waals surface area contributed by atoms with E-state index in [0.29, 0.717) is 16.5 Å². The normalized spacial score (nSPS) is 11.3. The van der Waals surface area contributed by atoms with Gasteiger partial charge in [0.05, 0.1) is 23.0 Å². The van der Waals surface area contributed by atoms with E-state index in [1.807, 2.05) is 51.1 Å². The van der Waals surface area contributed by atoms with Crippen molar-refractivity contribution in [2.45, 2.75) is 25.9 Å². The molecule has 160 valence electrons. The molecule has 3 aromatic heterocycles. The molecule has 8 nitrogen and oxygen atoms in total. The maximum atomic E-state index is 12.6. The highest BCUT2D eigenvalue weighted by atomic mass is 32.2. The number of para-hydroxylation sites is 1. The number of aromatic nitrogens is 6. The molecule has 1 N–H and O–H groups in total. The summed E-state index contributed by atoms with van der Waals surface area (Å²) in [7, 11) is 0. The molecular weight excluding hydrogens is 422 g/mol. The van der Waals surface area contributed by atoms with Crippen LogP contribution in [0.4, 0.5) is 5.69 Å². The Morgan fingerprint density at radius 3 is 2.53 bits per heavy atom. The molecule has 0 atom stereocenters. The average Bonchev–Trinajstić information content (AvgIpc) is 3.39. The molecule has 32 heavy (non-hydrogen) atoms. The van der Waals surface area contributed by atoms with Gasteiger partial charge in [0.25, 0.3) is 0 Å². The molecule has 0 aliphatic carbocycles. The molecule has 0 aliphatic rings. The van der Waals surface area contributed by atoms with E-state index >= 15 is 0 Å². The molecule has 0 radical (unpaired) electrons. The number of thioether (sulfide) groups is 1. The zero-order valence-electron chi connectivity index (χ0n) is 17.9. The van der Waals surface area contributed by atoms with E-state index in [1.54, 1.807) is 21.6 Å². The molecule has 0 bridgehead atoms. The van der Waals surface area contributed by atoms with Gasteiger partial charge in [0.15, 0.2) is 16.5 Å². The number of rotatable bonds is 5. The average molecular weight is 444 g/mol. The van der Waals surface area contributed by atoms with Gasteiger partial charge in [-0.1, -0.05) is 47.7 Å². The Kier molecular flexibility index (Phi) is 5.10. The first-order chi connectivity index (χ1) is 15.5. The lowest BCUT2D eigenvalue weighted by molar-refractivity contribution is -0.113. The summed E-state index contributed by atoms with van der Waals surface area (Å²) in [4.78, 5) is 17.2. The molecule has 0 saturated carbocycles. The van der Waals surface area contributed by atoms with Crippen molar-refractivity contribution >= 4 is 40.0 Å². The molecule has 0 unspecified atom stereocenters. The standard InChI is InChI=1S/C23H21N7OS/c1-14-9-15(2)20(16(3)10-14)26-19(31)12-32-23-28-27-22-18-11-25-30(17-7-5-4-6-8-17)21(18)24-13-29(22)23/h4-11,13H,12H2,1-3H3,(H,26,31). The van der Waals surface area contributed by atoms with E-state index in [1.165, 1.54) is 17.3 Å². The highest BCUT2D eigenvalue weighted by molar-refractivity contribution is 7.99. The van der Waals surface area contributed by atoms with Crippen LogP contribution in [-0.2, 0) is 4.79 Å². The molecule has 0 saturated heterocycles. The predicted octanol–water partition coefficient (Wildman–Crippen LogP) is 4.12. The summed E-state index contributed by atoms with van der Waals surface area (Å²) in [5, 5.41) is 17.5. The fraction of sp³-hybridized carbons (Fsp3) is 0.174. The van der Waals surface area contributed by atoms with Crippen LogP contribution < -0.4 is 5.32 Å². The number of amides is 1. The van der Waals surface area contributed by atoms with Crippen molar-refractivity contribution in [3.8, 4) is 5.69 Å². The number of benzene rings is 2. The summed E-state index contributed by atoms with van der Waals surface area (Å²) in [5.41, 5.74) is 6.43. The monoisotopic (exact) mass is 443 g/mol. The summed E-state index contributed by atoms with van der Waals surface area (Å²) >= 11 is 1.32. The van der Waals surface area contributed by atoms with Crippen LogP contribution in [0, 0.1) is 20.8 Å². The summed E-state index contributed by atoms with van der Waals surface area (Å²) in [6.45, 7) is 6.05. The summed E-state index contributed by atoms with van der Waals surface area (Å²) in [5.74, 6) is 0.127. The first-order valence-corrected chi connectivity index (χ1v) is 11.1. The maximum absolute atomic E-state index is 12.6. The fourth-order valence-corrected chi connectivity index (χ4v) is 4.54. The number of aryl methyl sites for hydroxylation is 3. The zero-order chi connectivity index (χ0) is 22.2. The number of nitrogens with zero attached hydrogens (tertiary/aromatic N) is 6. The second-order valence-corrected chi connectivity index (χ2v) is 8.60. The van der Waals surface area contributed by atoms with Gasteiger partial charge in [0.1, 0.15) is 6.33 Å². The fourth-order valence-electron chi connectivity index (χ4n) is 3.84. The number of hydrogen-bond donors (Lipinski definition) is 1. The molecule has 5 aromatic rings. The first-order valence-electron chi connectivity index (χ1n) is 10.1. The largest absolute Gasteiger partial charge is 0.325 e. The van der Waals surface area contributed by atoms with Crippen LogP contribution in [-0.4, -0.2) is 41.0 Å². The third-order valence-electron chi connectivity index (χ3n) is 5.22. The lowest BCUT2D eigenvalue weighted by atomic mass is 10.1. The van der Waals surface area contributed by atoms with Crippen LogP contribution >= 0.6 is 11.8 Å². The van der Waals surface area contributed by atoms with Gasteiger partial charge in [-0.2, -0.15) is 5.10 Å². The SMILES string of the molecule is Cc1cc(C)c(NC(=O)CSc2nnc3c4cnn(-c5ccccc5)c4ncn23)c(C)c1. The van der Waals surface area contributed by atoms with E-state index in [-0.39, 0.29) is 11.7 Å². The molecule has 0 spiro atoms. The second-order valence-electron chi connectivity index (χ2n) is 7.66. The topological polar surface area (TPSA) is 90.0 Å². The van der Waals surface area contributed by atoms with Gasteiger partial charge in [-0.05, 0) is 44.0 Å². The third kappa shape index (κ3) is 3.60. The summed E-state index contributed by atoms with van der Waals surface area (Å²) in [6.07, 6.45) is 3.41. The molecule has 9 heteroatoms. The van der Waals surface area contributed by atoms with Crippen LogP contribution in [0.2, 0.25) is 0 Å². The minimum Gasteiger partial charge on any atom is -0.325 e.